The van der Waals surface area contributed by atoms with Crippen molar-refractivity contribution < 1.29 is 14.8 Å². The van der Waals surface area contributed by atoms with E-state index in [1.165, 1.54) is 13.2 Å². The minimum Gasteiger partial charge on any atom is -0.490 e. The summed E-state index contributed by atoms with van der Waals surface area (Å²) in [6.45, 7) is 1.83. The lowest BCUT2D eigenvalue weighted by Gasteiger charge is -2.09. The highest BCUT2D eigenvalue weighted by Gasteiger charge is 2.16. The van der Waals surface area contributed by atoms with Crippen molar-refractivity contribution in [1.29, 1.82) is 0 Å². The fraction of sp³-hybridized carbons (Fsp3) is 0.400. The van der Waals surface area contributed by atoms with E-state index in [-0.39, 0.29) is 24.0 Å². The molecule has 5 nitrogen and oxygen atoms in total. The number of aliphatic hydroxyl groups is 1. The number of methoxy groups -OCH3 is 1. The maximum absolute atomic E-state index is 10.6. The van der Waals surface area contributed by atoms with Crippen LogP contribution in [0.15, 0.2) is 18.2 Å². The van der Waals surface area contributed by atoms with Crippen LogP contribution in [0.3, 0.4) is 0 Å². The molecule has 5 heteroatoms. The Hall–Kier alpha value is -1.62. The highest BCUT2D eigenvalue weighted by Crippen LogP contribution is 2.30. The summed E-state index contributed by atoms with van der Waals surface area (Å²) >= 11 is 0. The van der Waals surface area contributed by atoms with Gasteiger partial charge in [0.25, 0.3) is 0 Å². The number of benzene rings is 1. The fourth-order valence-electron chi connectivity index (χ4n) is 1.26. The van der Waals surface area contributed by atoms with Crippen LogP contribution in [0.1, 0.15) is 18.4 Å². The molecule has 1 N–H and O–H groups in total. The van der Waals surface area contributed by atoms with Gasteiger partial charge < -0.3 is 9.84 Å². The molecule has 0 heterocycles. The van der Waals surface area contributed by atoms with Gasteiger partial charge in [-0.05, 0) is 11.6 Å². The maximum Gasteiger partial charge on any atom is 0.310 e. The molecular formula is C10H13NO4. The smallest absolute Gasteiger partial charge is 0.310 e. The normalized spacial score (nSPS) is 12.2. The van der Waals surface area contributed by atoms with Gasteiger partial charge in [0.15, 0.2) is 5.75 Å². The van der Waals surface area contributed by atoms with Gasteiger partial charge in [0.2, 0.25) is 0 Å². The summed E-state index contributed by atoms with van der Waals surface area (Å²) in [6, 6.07) is 4.60. The molecule has 0 saturated carbocycles. The molecule has 0 spiro atoms. The molecule has 0 saturated heterocycles. The van der Waals surface area contributed by atoms with Gasteiger partial charge in [-0.3, -0.25) is 10.1 Å². The summed E-state index contributed by atoms with van der Waals surface area (Å²) < 4.78 is 4.92. The average molecular weight is 211 g/mol. The van der Waals surface area contributed by atoms with Crippen LogP contribution >= 0.6 is 0 Å². The molecule has 0 radical (unpaired) electrons. The molecular weight excluding hydrogens is 198 g/mol. The Labute approximate surface area is 87.5 Å². The third-order valence-electron chi connectivity index (χ3n) is 2.24. The summed E-state index contributed by atoms with van der Waals surface area (Å²) in [4.78, 5) is 10.1. The Morgan fingerprint density at radius 3 is 2.73 bits per heavy atom. The van der Waals surface area contributed by atoms with Crippen molar-refractivity contribution in [2.75, 3.05) is 13.7 Å². The molecule has 0 aliphatic heterocycles. The summed E-state index contributed by atoms with van der Waals surface area (Å²) in [7, 11) is 1.38. The lowest BCUT2D eigenvalue weighted by Crippen LogP contribution is -2.01. The van der Waals surface area contributed by atoms with E-state index in [0.29, 0.717) is 0 Å². The van der Waals surface area contributed by atoms with Crippen LogP contribution in [-0.4, -0.2) is 23.7 Å². The second kappa shape index (κ2) is 4.75. The van der Waals surface area contributed by atoms with Crippen molar-refractivity contribution in [3.63, 3.8) is 0 Å². The molecule has 0 aliphatic rings. The molecule has 82 valence electrons. The van der Waals surface area contributed by atoms with Gasteiger partial charge in [0.1, 0.15) is 0 Å². The van der Waals surface area contributed by atoms with E-state index in [2.05, 4.69) is 0 Å². The predicted octanol–water partition coefficient (Wildman–Crippen LogP) is 1.70. The molecule has 0 fully saturated rings. The Morgan fingerprint density at radius 2 is 2.27 bits per heavy atom. The quantitative estimate of drug-likeness (QED) is 0.607. The molecule has 1 aromatic carbocycles. The van der Waals surface area contributed by atoms with E-state index >= 15 is 0 Å². The molecule has 1 atom stereocenters. The summed E-state index contributed by atoms with van der Waals surface area (Å²) in [5.41, 5.74) is 0.756. The second-order valence-electron chi connectivity index (χ2n) is 3.27. The van der Waals surface area contributed by atoms with E-state index in [4.69, 9.17) is 9.84 Å². The predicted molar refractivity (Wildman–Crippen MR) is 55.1 cm³/mol. The molecule has 1 unspecified atom stereocenters. The Balaban J connectivity index is 3.13. The topological polar surface area (TPSA) is 72.6 Å². The first-order valence-electron chi connectivity index (χ1n) is 4.53. The molecule has 0 aromatic heterocycles. The van der Waals surface area contributed by atoms with Crippen LogP contribution in [0.5, 0.6) is 5.75 Å². The Bertz CT molecular complexity index is 364. The third kappa shape index (κ3) is 2.44. The first kappa shape index (κ1) is 11.5. The summed E-state index contributed by atoms with van der Waals surface area (Å²) in [5, 5.41) is 19.6. The zero-order valence-electron chi connectivity index (χ0n) is 8.64. The highest BCUT2D eigenvalue weighted by atomic mass is 16.6. The van der Waals surface area contributed by atoms with Gasteiger partial charge in [-0.2, -0.15) is 0 Å². The monoisotopic (exact) mass is 211 g/mol. The number of nitrogens with zero attached hydrogens (tertiary/aromatic N) is 1. The zero-order chi connectivity index (χ0) is 11.4. The molecule has 0 aliphatic carbocycles. The van der Waals surface area contributed by atoms with Gasteiger partial charge in [-0.1, -0.05) is 13.0 Å². The van der Waals surface area contributed by atoms with Crippen molar-refractivity contribution in [1.82, 2.24) is 0 Å². The zero-order valence-corrected chi connectivity index (χ0v) is 8.64. The Kier molecular flexibility index (Phi) is 3.62. The number of hydrogen-bond acceptors (Lipinski definition) is 4. The Morgan fingerprint density at radius 1 is 1.60 bits per heavy atom. The minimum atomic E-state index is -0.494. The van der Waals surface area contributed by atoms with Gasteiger partial charge in [-0.15, -0.1) is 0 Å². The van der Waals surface area contributed by atoms with Crippen molar-refractivity contribution in [3.05, 3.63) is 33.9 Å². The minimum absolute atomic E-state index is 0.000958. The molecule has 1 rings (SSSR count). The van der Waals surface area contributed by atoms with E-state index in [1.807, 2.05) is 6.92 Å². The second-order valence-corrected chi connectivity index (χ2v) is 3.27. The summed E-state index contributed by atoms with van der Waals surface area (Å²) in [5.74, 6) is 0.164. The number of aliphatic hydroxyl groups excluding tert-OH is 1. The lowest BCUT2D eigenvalue weighted by molar-refractivity contribution is -0.385. The first-order valence-corrected chi connectivity index (χ1v) is 4.53. The van der Waals surface area contributed by atoms with Gasteiger partial charge >= 0.3 is 5.69 Å². The highest BCUT2D eigenvalue weighted by molar-refractivity contribution is 5.49. The number of hydrogen-bond donors (Lipinski definition) is 1. The largest absolute Gasteiger partial charge is 0.490 e. The van der Waals surface area contributed by atoms with Crippen LogP contribution in [0.4, 0.5) is 5.69 Å². The molecule has 0 amide bonds. The van der Waals surface area contributed by atoms with Crippen LogP contribution < -0.4 is 4.74 Å². The van der Waals surface area contributed by atoms with Crippen LogP contribution in [0.2, 0.25) is 0 Å². The van der Waals surface area contributed by atoms with Crippen molar-refractivity contribution in [2.45, 2.75) is 12.8 Å². The van der Waals surface area contributed by atoms with E-state index < -0.39 is 4.92 Å². The molecule has 1 aromatic rings. The number of rotatable bonds is 4. The number of ether oxygens (including phenoxy) is 1. The maximum atomic E-state index is 10.6. The van der Waals surface area contributed by atoms with E-state index in [9.17, 15) is 10.1 Å². The molecule has 15 heavy (non-hydrogen) atoms. The van der Waals surface area contributed by atoms with Gasteiger partial charge in [-0.25, -0.2) is 0 Å². The lowest BCUT2D eigenvalue weighted by atomic mass is 10.0. The van der Waals surface area contributed by atoms with Crippen LogP contribution in [0, 0.1) is 10.1 Å². The van der Waals surface area contributed by atoms with E-state index in [1.54, 1.807) is 12.1 Å². The van der Waals surface area contributed by atoms with Crippen molar-refractivity contribution >= 4 is 5.69 Å². The van der Waals surface area contributed by atoms with Gasteiger partial charge in [0, 0.05) is 18.6 Å². The van der Waals surface area contributed by atoms with E-state index in [0.717, 1.165) is 5.56 Å². The standard InChI is InChI=1S/C10H13NO4/c1-7(6-12)8-3-4-9(11(13)14)10(5-8)15-2/h3-5,7,12H,6H2,1-2H3. The number of nitro benzene ring substituents is 1. The van der Waals surface area contributed by atoms with Crippen molar-refractivity contribution in [2.24, 2.45) is 0 Å². The van der Waals surface area contributed by atoms with Crippen LogP contribution in [0.25, 0.3) is 0 Å². The van der Waals surface area contributed by atoms with Gasteiger partial charge in [0.05, 0.1) is 12.0 Å². The first-order chi connectivity index (χ1) is 7.10. The fourth-order valence-corrected chi connectivity index (χ4v) is 1.26. The number of nitro groups is 1. The van der Waals surface area contributed by atoms with Crippen molar-refractivity contribution in [3.8, 4) is 5.75 Å². The third-order valence-corrected chi connectivity index (χ3v) is 2.24. The SMILES string of the molecule is COc1cc(C(C)CO)ccc1[N+](=O)[O-]. The molecule has 0 bridgehead atoms. The summed E-state index contributed by atoms with van der Waals surface area (Å²) in [6.07, 6.45) is 0. The van der Waals surface area contributed by atoms with Crippen LogP contribution in [-0.2, 0) is 0 Å². The average Bonchev–Trinajstić information content (AvgIpc) is 2.26.